The molecule has 9 heteroatoms. The van der Waals surface area contributed by atoms with E-state index in [0.717, 1.165) is 11.3 Å². The van der Waals surface area contributed by atoms with Crippen LogP contribution in [-0.4, -0.2) is 19.3 Å². The van der Waals surface area contributed by atoms with Crippen LogP contribution in [0.25, 0.3) is 0 Å². The minimum absolute atomic E-state index is 0.0369. The fourth-order valence-electron chi connectivity index (χ4n) is 1.45. The largest absolute Gasteiger partial charge is 0.346 e. The van der Waals surface area contributed by atoms with E-state index in [-0.39, 0.29) is 22.0 Å². The van der Waals surface area contributed by atoms with Crippen LogP contribution < -0.4 is 16.0 Å². The van der Waals surface area contributed by atoms with Gasteiger partial charge in [0.15, 0.2) is 0 Å². The van der Waals surface area contributed by atoms with Crippen LogP contribution in [0.15, 0.2) is 39.3 Å². The molecule has 0 fully saturated rings. The topological polar surface area (TPSA) is 122 Å². The van der Waals surface area contributed by atoms with Crippen LogP contribution in [0.1, 0.15) is 15.4 Å². The summed E-state index contributed by atoms with van der Waals surface area (Å²) in [6, 6.07) is 7.19. The summed E-state index contributed by atoms with van der Waals surface area (Å²) in [6.45, 7) is 0.149. The smallest absolute Gasteiger partial charge is 0.268 e. The van der Waals surface area contributed by atoms with Gasteiger partial charge in [-0.15, -0.1) is 11.3 Å². The maximum absolute atomic E-state index is 11.8. The summed E-state index contributed by atoms with van der Waals surface area (Å²) >= 11 is 0.981. The molecule has 2 rings (SSSR count). The lowest BCUT2D eigenvalue weighted by atomic mass is 10.3. The average Bonchev–Trinajstić information content (AvgIpc) is 2.84. The number of rotatable bonds is 4. The van der Waals surface area contributed by atoms with Crippen LogP contribution in [0.3, 0.4) is 0 Å². The normalized spacial score (nSPS) is 11.2. The number of nitrogens with two attached hydrogens (primary N) is 1. The highest BCUT2D eigenvalue weighted by Crippen LogP contribution is 2.19. The molecule has 20 heavy (non-hydrogen) atoms. The van der Waals surface area contributed by atoms with Gasteiger partial charge in [0, 0.05) is 10.9 Å². The van der Waals surface area contributed by atoms with Crippen LogP contribution in [0.2, 0.25) is 0 Å². The molecule has 0 saturated heterocycles. The summed E-state index contributed by atoms with van der Waals surface area (Å²) < 4.78 is 22.2. The van der Waals surface area contributed by atoms with Gasteiger partial charge in [0.05, 0.1) is 6.54 Å². The third-order valence-electron chi connectivity index (χ3n) is 2.35. The van der Waals surface area contributed by atoms with E-state index in [9.17, 15) is 18.0 Å². The van der Waals surface area contributed by atoms with Crippen molar-refractivity contribution < 1.29 is 13.2 Å². The first-order valence-electron chi connectivity index (χ1n) is 5.45. The zero-order chi connectivity index (χ0) is 14.8. The Morgan fingerprint density at radius 3 is 2.65 bits per heavy atom. The number of pyridine rings is 1. The fourth-order valence-corrected chi connectivity index (χ4v) is 3.17. The predicted molar refractivity (Wildman–Crippen MR) is 73.9 cm³/mol. The summed E-state index contributed by atoms with van der Waals surface area (Å²) in [6.07, 6.45) is 0. The first-order valence-corrected chi connectivity index (χ1v) is 7.81. The molecule has 2 aromatic rings. The van der Waals surface area contributed by atoms with Crippen LogP contribution in [0.5, 0.6) is 0 Å². The lowest BCUT2D eigenvalue weighted by Crippen LogP contribution is -2.25. The highest BCUT2D eigenvalue weighted by atomic mass is 32.2. The number of carbonyl (C=O) groups excluding carboxylic acids is 1. The Labute approximate surface area is 118 Å². The van der Waals surface area contributed by atoms with Crippen molar-refractivity contribution >= 4 is 27.3 Å². The Morgan fingerprint density at radius 1 is 1.30 bits per heavy atom. The lowest BCUT2D eigenvalue weighted by Gasteiger charge is -2.02. The van der Waals surface area contributed by atoms with Crippen molar-refractivity contribution in [2.75, 3.05) is 0 Å². The molecule has 0 bridgehead atoms. The number of hydrogen-bond donors (Lipinski definition) is 3. The number of sulfonamides is 1. The monoisotopic (exact) mass is 313 g/mol. The van der Waals surface area contributed by atoms with Crippen LogP contribution in [0.4, 0.5) is 0 Å². The van der Waals surface area contributed by atoms with Crippen molar-refractivity contribution in [3.8, 4) is 0 Å². The Balaban J connectivity index is 2.04. The van der Waals surface area contributed by atoms with Gasteiger partial charge in [-0.05, 0) is 18.2 Å². The van der Waals surface area contributed by atoms with Gasteiger partial charge in [-0.2, -0.15) is 0 Å². The molecular formula is C11H11N3O4S2. The van der Waals surface area contributed by atoms with Crippen molar-refractivity contribution in [2.45, 2.75) is 10.8 Å². The molecule has 7 nitrogen and oxygen atoms in total. The van der Waals surface area contributed by atoms with Gasteiger partial charge >= 0.3 is 0 Å². The average molecular weight is 313 g/mol. The summed E-state index contributed by atoms with van der Waals surface area (Å²) in [4.78, 5) is 25.9. The Hall–Kier alpha value is -1.97. The third kappa shape index (κ3) is 3.53. The van der Waals surface area contributed by atoms with E-state index in [1.807, 2.05) is 0 Å². The Morgan fingerprint density at radius 2 is 2.05 bits per heavy atom. The second kappa shape index (κ2) is 5.57. The van der Waals surface area contributed by atoms with Gasteiger partial charge in [0.1, 0.15) is 9.90 Å². The molecule has 0 aliphatic rings. The quantitative estimate of drug-likeness (QED) is 0.736. The molecule has 4 N–H and O–H groups in total. The van der Waals surface area contributed by atoms with E-state index in [4.69, 9.17) is 5.14 Å². The molecule has 0 radical (unpaired) electrons. The lowest BCUT2D eigenvalue weighted by molar-refractivity contribution is 0.0946. The van der Waals surface area contributed by atoms with Crippen molar-refractivity contribution in [3.63, 3.8) is 0 Å². The molecule has 0 spiro atoms. The van der Waals surface area contributed by atoms with E-state index < -0.39 is 15.9 Å². The minimum Gasteiger partial charge on any atom is -0.346 e. The molecule has 106 valence electrons. The molecule has 1 amide bonds. The van der Waals surface area contributed by atoms with Crippen molar-refractivity contribution in [1.29, 1.82) is 0 Å². The van der Waals surface area contributed by atoms with Gasteiger partial charge in [0.25, 0.3) is 5.91 Å². The summed E-state index contributed by atoms with van der Waals surface area (Å²) in [7, 11) is -3.72. The van der Waals surface area contributed by atoms with Gasteiger partial charge in [-0.3, -0.25) is 9.59 Å². The number of carbonyl (C=O) groups is 1. The zero-order valence-corrected chi connectivity index (χ0v) is 11.8. The zero-order valence-electron chi connectivity index (χ0n) is 10.1. The molecule has 0 atom stereocenters. The molecule has 0 aliphatic carbocycles. The molecule has 2 aromatic heterocycles. The summed E-state index contributed by atoms with van der Waals surface area (Å²) in [5.41, 5.74) is -0.231. The van der Waals surface area contributed by atoms with E-state index in [1.165, 1.54) is 24.3 Å². The molecular weight excluding hydrogens is 302 g/mol. The van der Waals surface area contributed by atoms with E-state index in [0.29, 0.717) is 4.88 Å². The van der Waals surface area contributed by atoms with Gasteiger partial charge in [-0.25, -0.2) is 13.6 Å². The van der Waals surface area contributed by atoms with E-state index in [1.54, 1.807) is 6.07 Å². The first kappa shape index (κ1) is 14.4. The number of primary sulfonamides is 1. The maximum Gasteiger partial charge on any atom is 0.268 e. The standard InChI is InChI=1S/C11H11N3O4S2/c12-20(17,18)10-5-4-7(19-10)6-13-11(16)8-2-1-3-9(15)14-8/h1-5H,6H2,(H,13,16)(H,14,15)(H2,12,17,18). The highest BCUT2D eigenvalue weighted by Gasteiger charge is 2.12. The van der Waals surface area contributed by atoms with Gasteiger partial charge in [0.2, 0.25) is 15.6 Å². The number of H-pyrrole nitrogens is 1. The third-order valence-corrected chi connectivity index (χ3v) is 4.88. The fraction of sp³-hybridized carbons (Fsp3) is 0.0909. The van der Waals surface area contributed by atoms with E-state index in [2.05, 4.69) is 10.3 Å². The molecule has 0 aliphatic heterocycles. The summed E-state index contributed by atoms with van der Waals surface area (Å²) in [5.74, 6) is -0.451. The van der Waals surface area contributed by atoms with Gasteiger partial charge in [-0.1, -0.05) is 6.07 Å². The molecule has 0 unspecified atom stereocenters. The number of hydrogen-bond acceptors (Lipinski definition) is 5. The second-order valence-corrected chi connectivity index (χ2v) is 6.83. The predicted octanol–water partition coefficient (Wildman–Crippen LogP) is 0.0138. The second-order valence-electron chi connectivity index (χ2n) is 3.88. The minimum atomic E-state index is -3.72. The number of aromatic amines is 1. The Bertz CT molecular complexity index is 792. The maximum atomic E-state index is 11.8. The summed E-state index contributed by atoms with van der Waals surface area (Å²) in [5, 5.41) is 7.56. The highest BCUT2D eigenvalue weighted by molar-refractivity contribution is 7.91. The molecule has 0 aromatic carbocycles. The number of amides is 1. The van der Waals surface area contributed by atoms with Crippen molar-refractivity contribution in [3.05, 3.63) is 51.3 Å². The Kier molecular flexibility index (Phi) is 4.02. The number of thiophene rings is 1. The molecule has 0 saturated carbocycles. The van der Waals surface area contributed by atoms with Crippen LogP contribution in [-0.2, 0) is 16.6 Å². The number of aromatic nitrogens is 1. The van der Waals surface area contributed by atoms with Crippen LogP contribution >= 0.6 is 11.3 Å². The molecule has 2 heterocycles. The van der Waals surface area contributed by atoms with Gasteiger partial charge < -0.3 is 10.3 Å². The van der Waals surface area contributed by atoms with Crippen LogP contribution in [0, 0.1) is 0 Å². The van der Waals surface area contributed by atoms with E-state index >= 15 is 0 Å². The van der Waals surface area contributed by atoms with Crippen molar-refractivity contribution in [1.82, 2.24) is 10.3 Å². The SMILES string of the molecule is NS(=O)(=O)c1ccc(CNC(=O)c2cccc(=O)[nH]2)s1. The number of nitrogens with one attached hydrogen (secondary N) is 2. The van der Waals surface area contributed by atoms with Crippen molar-refractivity contribution in [2.24, 2.45) is 5.14 Å². The first-order chi connectivity index (χ1) is 9.36.